The Morgan fingerprint density at radius 2 is 1.08 bits per heavy atom. The summed E-state index contributed by atoms with van der Waals surface area (Å²) in [5.74, 6) is 0. The molecule has 3 aromatic rings. The molecule has 0 unspecified atom stereocenters. The van der Waals surface area contributed by atoms with Crippen LogP contribution in [0.25, 0.3) is 20.4 Å². The third-order valence-electron chi connectivity index (χ3n) is 7.62. The summed E-state index contributed by atoms with van der Waals surface area (Å²) in [6.07, 6.45) is 18.9. The van der Waals surface area contributed by atoms with Crippen LogP contribution in [0.2, 0.25) is 0 Å². The number of rotatable bonds is 16. The summed E-state index contributed by atoms with van der Waals surface area (Å²) in [5, 5.41) is 0. The Labute approximate surface area is 224 Å². The smallest absolute Gasteiger partial charge is 0.262 e. The molecule has 0 saturated carbocycles. The molecule has 0 aliphatic rings. The molecule has 0 aliphatic carbocycles. The van der Waals surface area contributed by atoms with Crippen LogP contribution in [0.15, 0.2) is 12.1 Å². The molecule has 0 bridgehead atoms. The summed E-state index contributed by atoms with van der Waals surface area (Å²) in [6.45, 7) is 9.09. The minimum atomic E-state index is 0.913. The maximum Gasteiger partial charge on any atom is 0.262 e. The van der Waals surface area contributed by atoms with Crippen molar-refractivity contribution in [2.75, 3.05) is 11.5 Å². The van der Waals surface area contributed by atoms with E-state index >= 15 is 0 Å². The van der Waals surface area contributed by atoms with Gasteiger partial charge in [0.25, 0.3) is 9.40 Å². The Morgan fingerprint density at radius 3 is 1.64 bits per heavy atom. The van der Waals surface area contributed by atoms with E-state index in [1.54, 1.807) is 0 Å². The van der Waals surface area contributed by atoms with Gasteiger partial charge in [-0.25, -0.2) is 4.98 Å². The molecule has 0 aliphatic heterocycles. The Kier molecular flexibility index (Phi) is 11.7. The van der Waals surface area contributed by atoms with Crippen molar-refractivity contribution in [1.82, 2.24) is 4.98 Å². The average Bonchev–Trinajstić information content (AvgIpc) is 2.88. The molecular weight excluding hydrogens is 458 g/mol. The van der Waals surface area contributed by atoms with Crippen LogP contribution in [0.5, 0.6) is 0 Å². The van der Waals surface area contributed by atoms with Crippen molar-refractivity contribution in [2.45, 2.75) is 130 Å². The summed E-state index contributed by atoms with van der Waals surface area (Å²) >= 11 is 1.92. The van der Waals surface area contributed by atoms with E-state index in [1.165, 1.54) is 114 Å². The second-order valence-electron chi connectivity index (χ2n) is 10.6. The van der Waals surface area contributed by atoms with Gasteiger partial charge in [0, 0.05) is 22.5 Å². The number of aromatic nitrogens is 1. The van der Waals surface area contributed by atoms with Gasteiger partial charge in [0.1, 0.15) is 11.0 Å². The van der Waals surface area contributed by atoms with Gasteiger partial charge in [-0.3, -0.25) is 0 Å². The molecule has 0 saturated heterocycles. The van der Waals surface area contributed by atoms with E-state index in [9.17, 15) is 0 Å². The third kappa shape index (κ3) is 6.88. The Bertz CT molecular complexity index is 1120. The molecule has 0 amide bonds. The van der Waals surface area contributed by atoms with E-state index in [1.807, 2.05) is 11.3 Å². The minimum Gasteiger partial charge on any atom is -0.398 e. The normalized spacial score (nSPS) is 11.7. The van der Waals surface area contributed by atoms with Gasteiger partial charge in [-0.2, -0.15) is 0 Å². The van der Waals surface area contributed by atoms with Gasteiger partial charge in [-0.1, -0.05) is 79.1 Å². The second-order valence-corrected chi connectivity index (χ2v) is 11.6. The molecule has 3 nitrogen and oxygen atoms in total. The second kappa shape index (κ2) is 14.7. The van der Waals surface area contributed by atoms with Gasteiger partial charge >= 0.3 is 0 Å². The maximum atomic E-state index is 7.08. The first kappa shape index (κ1) is 28.6. The van der Waals surface area contributed by atoms with Crippen LogP contribution in [-0.2, 0) is 25.7 Å². The van der Waals surface area contributed by atoms with Gasteiger partial charge in [-0.05, 0) is 74.6 Å². The van der Waals surface area contributed by atoms with E-state index in [4.69, 9.17) is 16.5 Å². The van der Waals surface area contributed by atoms with E-state index < -0.39 is 0 Å². The molecule has 4 heteroatoms. The number of benzene rings is 2. The van der Waals surface area contributed by atoms with Crippen LogP contribution >= 0.6 is 11.3 Å². The highest BCUT2D eigenvalue weighted by molar-refractivity contribution is 7.24. The molecule has 198 valence electrons. The zero-order chi connectivity index (χ0) is 25.9. The number of hydrogen-bond acceptors (Lipinski definition) is 3. The largest absolute Gasteiger partial charge is 0.398 e. The quantitative estimate of drug-likeness (QED) is 0.0875. The van der Waals surface area contributed by atoms with Crippen LogP contribution in [0.3, 0.4) is 0 Å². The predicted molar refractivity (Wildman–Crippen MR) is 163 cm³/mol. The number of unbranched alkanes of at least 4 members (excludes halogenated alkanes) is 8. The number of nitrogens with two attached hydrogens (primary N) is 2. The molecule has 4 N–H and O–H groups in total. The zero-order valence-electron chi connectivity index (χ0n) is 23.5. The number of hydrogen-bond donors (Lipinski definition) is 2. The van der Waals surface area contributed by atoms with Crippen molar-refractivity contribution in [1.29, 1.82) is 0 Å². The topological polar surface area (TPSA) is 64.9 Å². The molecule has 0 radical (unpaired) electrons. The molecule has 2 aromatic carbocycles. The minimum absolute atomic E-state index is 0.913. The lowest BCUT2D eigenvalue weighted by Crippen LogP contribution is -2.08. The molecule has 0 spiro atoms. The first-order valence-corrected chi connectivity index (χ1v) is 15.7. The highest BCUT2D eigenvalue weighted by Crippen LogP contribution is 2.41. The number of nitrogens with zero attached hydrogens (tertiary/aromatic N) is 1. The molecule has 0 fully saturated rings. The van der Waals surface area contributed by atoms with Gasteiger partial charge in [0.2, 0.25) is 11.3 Å². The predicted octanol–water partition coefficient (Wildman–Crippen LogP) is 9.83. The van der Waals surface area contributed by atoms with Crippen molar-refractivity contribution in [3.8, 4) is 0 Å². The number of nitrogen functional groups attached to an aromatic ring is 2. The first-order chi connectivity index (χ1) is 17.6. The van der Waals surface area contributed by atoms with Crippen LogP contribution in [0.1, 0.15) is 127 Å². The summed E-state index contributed by atoms with van der Waals surface area (Å²) < 4.78 is 2.59. The third-order valence-corrected chi connectivity index (χ3v) is 8.93. The first-order valence-electron chi connectivity index (χ1n) is 14.8. The zero-order valence-corrected chi connectivity index (χ0v) is 24.3. The Hall–Kier alpha value is -1.94. The van der Waals surface area contributed by atoms with E-state index in [2.05, 4.69) is 39.8 Å². The van der Waals surface area contributed by atoms with Gasteiger partial charge in [0.05, 0.1) is 0 Å². The van der Waals surface area contributed by atoms with Crippen LogP contribution in [-0.4, -0.2) is 4.98 Å². The van der Waals surface area contributed by atoms with E-state index in [0.717, 1.165) is 42.6 Å². The highest BCUT2D eigenvalue weighted by Gasteiger charge is 2.27. The lowest BCUT2D eigenvalue weighted by molar-refractivity contribution is 0.694. The number of anilines is 2. The van der Waals surface area contributed by atoms with Gasteiger partial charge < -0.3 is 11.5 Å². The fraction of sp³-hybridized carbons (Fsp3) is 0.625. The Balaban J connectivity index is 2.27. The van der Waals surface area contributed by atoms with Crippen LogP contribution in [0.4, 0.5) is 11.4 Å². The number of aryl methyl sites for hydroxylation is 3. The monoisotopic (exact) mass is 508 g/mol. The Morgan fingerprint density at radius 1 is 0.583 bits per heavy atom. The van der Waals surface area contributed by atoms with E-state index in [0.29, 0.717) is 0 Å². The molecular formula is C32H50N3S+. The van der Waals surface area contributed by atoms with Gasteiger partial charge in [0.15, 0.2) is 0 Å². The van der Waals surface area contributed by atoms with Crippen LogP contribution in [0, 0.1) is 0 Å². The van der Waals surface area contributed by atoms with Crippen molar-refractivity contribution in [2.24, 2.45) is 0 Å². The lowest BCUT2D eigenvalue weighted by atomic mass is 9.90. The molecule has 36 heavy (non-hydrogen) atoms. The van der Waals surface area contributed by atoms with Crippen molar-refractivity contribution in [3.05, 3.63) is 34.4 Å². The van der Waals surface area contributed by atoms with Crippen molar-refractivity contribution < 1.29 is 0 Å². The summed E-state index contributed by atoms with van der Waals surface area (Å²) in [5.41, 5.74) is 23.4. The summed E-state index contributed by atoms with van der Waals surface area (Å²) in [7, 11) is 0. The van der Waals surface area contributed by atoms with Crippen molar-refractivity contribution in [3.63, 3.8) is 0 Å². The summed E-state index contributed by atoms with van der Waals surface area (Å²) in [6, 6.07) is 4.22. The SMILES string of the molecule is CCCCCc1c(N)c(CCCCC)c2[s+]c3c(CCCCC)c(N)ccc3nc2c1CCCCC. The maximum absolute atomic E-state index is 7.08. The standard InChI is InChI=1S/C32H50N3S/c1-5-9-13-17-23-24(18-14-10-6-2)30-32(26(29(23)34)20-16-12-8-4)36-31-25(19-15-11-7-3)27(33)21-22-28(31)35-30/h21-22H,5-20,33-34H2,1-4H3/q+1. The summed E-state index contributed by atoms with van der Waals surface area (Å²) in [4.78, 5) is 5.40. The van der Waals surface area contributed by atoms with Crippen molar-refractivity contribution >= 4 is 43.1 Å². The fourth-order valence-corrected chi connectivity index (χ4v) is 6.81. The molecule has 1 heterocycles. The lowest BCUT2D eigenvalue weighted by Gasteiger charge is -2.17. The highest BCUT2D eigenvalue weighted by atomic mass is 32.1. The average molecular weight is 509 g/mol. The van der Waals surface area contributed by atoms with Crippen LogP contribution < -0.4 is 11.5 Å². The molecule has 3 rings (SSSR count). The molecule has 0 atom stereocenters. The molecule has 1 aromatic heterocycles. The van der Waals surface area contributed by atoms with E-state index in [-0.39, 0.29) is 0 Å². The fourth-order valence-electron chi connectivity index (χ4n) is 5.44. The van der Waals surface area contributed by atoms with Gasteiger partial charge in [-0.15, -0.1) is 0 Å². The number of fused-ring (bicyclic) bond motifs is 2.